The maximum atomic E-state index is 13.2. The van der Waals surface area contributed by atoms with Gasteiger partial charge >= 0.3 is 0 Å². The SMILES string of the molecule is C=Cn1c2cc(F)ccc2c2ccc(F)cc21. The molecule has 3 heteroatoms. The fourth-order valence-electron chi connectivity index (χ4n) is 2.19. The average molecular weight is 229 g/mol. The van der Waals surface area contributed by atoms with Gasteiger partial charge in [0.2, 0.25) is 0 Å². The molecule has 1 nitrogen and oxygen atoms in total. The van der Waals surface area contributed by atoms with Gasteiger partial charge in [0.05, 0.1) is 11.0 Å². The number of hydrogen-bond acceptors (Lipinski definition) is 0. The van der Waals surface area contributed by atoms with Gasteiger partial charge in [-0.2, -0.15) is 0 Å². The average Bonchev–Trinajstić information content (AvgIpc) is 2.60. The molecule has 0 amide bonds. The smallest absolute Gasteiger partial charge is 0.125 e. The van der Waals surface area contributed by atoms with Crippen LogP contribution in [0.1, 0.15) is 0 Å². The van der Waals surface area contributed by atoms with Crippen molar-refractivity contribution in [3.63, 3.8) is 0 Å². The summed E-state index contributed by atoms with van der Waals surface area (Å²) >= 11 is 0. The molecule has 0 aliphatic rings. The van der Waals surface area contributed by atoms with Gasteiger partial charge in [-0.05, 0) is 36.4 Å². The second-order valence-electron chi connectivity index (χ2n) is 3.88. The van der Waals surface area contributed by atoms with E-state index >= 15 is 0 Å². The number of aromatic nitrogens is 1. The lowest BCUT2D eigenvalue weighted by atomic mass is 10.1. The molecule has 0 spiro atoms. The van der Waals surface area contributed by atoms with Crippen molar-refractivity contribution in [2.75, 3.05) is 0 Å². The van der Waals surface area contributed by atoms with Crippen molar-refractivity contribution in [2.45, 2.75) is 0 Å². The first-order chi connectivity index (χ1) is 8.20. The number of halogens is 2. The van der Waals surface area contributed by atoms with Gasteiger partial charge in [-0.15, -0.1) is 0 Å². The Bertz CT molecular complexity index is 681. The zero-order valence-electron chi connectivity index (χ0n) is 8.95. The van der Waals surface area contributed by atoms with E-state index in [0.29, 0.717) is 11.0 Å². The number of fused-ring (bicyclic) bond motifs is 3. The molecule has 0 aliphatic heterocycles. The van der Waals surface area contributed by atoms with Crippen molar-refractivity contribution >= 4 is 28.0 Å². The number of rotatable bonds is 1. The van der Waals surface area contributed by atoms with Gasteiger partial charge in [0, 0.05) is 17.0 Å². The maximum Gasteiger partial charge on any atom is 0.125 e. The highest BCUT2D eigenvalue weighted by atomic mass is 19.1. The summed E-state index contributed by atoms with van der Waals surface area (Å²) in [5.74, 6) is -0.632. The molecule has 17 heavy (non-hydrogen) atoms. The van der Waals surface area contributed by atoms with Crippen molar-refractivity contribution in [3.05, 3.63) is 54.6 Å². The molecule has 0 fully saturated rings. The van der Waals surface area contributed by atoms with Crippen LogP contribution in [0.5, 0.6) is 0 Å². The zero-order valence-corrected chi connectivity index (χ0v) is 8.95. The van der Waals surface area contributed by atoms with Gasteiger partial charge in [-0.3, -0.25) is 0 Å². The fourth-order valence-corrected chi connectivity index (χ4v) is 2.19. The summed E-state index contributed by atoms with van der Waals surface area (Å²) < 4.78 is 28.2. The molecular weight excluding hydrogens is 220 g/mol. The molecule has 0 N–H and O–H groups in total. The Morgan fingerprint density at radius 2 is 1.35 bits per heavy atom. The standard InChI is InChI=1S/C14H9F2N/c1-2-17-13-7-9(15)3-5-11(13)12-6-4-10(16)8-14(12)17/h2-8H,1H2. The van der Waals surface area contributed by atoms with E-state index in [1.807, 2.05) is 0 Å². The van der Waals surface area contributed by atoms with Crippen LogP contribution in [0.3, 0.4) is 0 Å². The van der Waals surface area contributed by atoms with Crippen LogP contribution in [0.2, 0.25) is 0 Å². The predicted molar refractivity (Wildman–Crippen MR) is 65.7 cm³/mol. The summed E-state index contributed by atoms with van der Waals surface area (Å²) in [6.45, 7) is 3.68. The molecule has 0 bridgehead atoms. The lowest BCUT2D eigenvalue weighted by Crippen LogP contribution is -1.85. The van der Waals surface area contributed by atoms with E-state index in [0.717, 1.165) is 10.8 Å². The Labute approximate surface area is 96.6 Å². The minimum absolute atomic E-state index is 0.316. The largest absolute Gasteiger partial charge is 0.316 e. The number of nitrogens with zero attached hydrogens (tertiary/aromatic N) is 1. The van der Waals surface area contributed by atoms with Crippen molar-refractivity contribution in [1.82, 2.24) is 4.57 Å². The Balaban J connectivity index is 2.61. The molecule has 1 heterocycles. The summed E-state index contributed by atoms with van der Waals surface area (Å²) in [4.78, 5) is 0. The van der Waals surface area contributed by atoms with Crippen molar-refractivity contribution in [2.24, 2.45) is 0 Å². The van der Waals surface area contributed by atoms with Crippen molar-refractivity contribution in [1.29, 1.82) is 0 Å². The highest BCUT2D eigenvalue weighted by molar-refractivity contribution is 6.09. The lowest BCUT2D eigenvalue weighted by molar-refractivity contribution is 0.629. The quantitative estimate of drug-likeness (QED) is 0.590. The van der Waals surface area contributed by atoms with Gasteiger partial charge in [0.15, 0.2) is 0 Å². The molecule has 2 aromatic carbocycles. The monoisotopic (exact) mass is 229 g/mol. The van der Waals surface area contributed by atoms with Crippen molar-refractivity contribution in [3.8, 4) is 0 Å². The van der Waals surface area contributed by atoms with E-state index in [2.05, 4.69) is 6.58 Å². The topological polar surface area (TPSA) is 4.93 Å². The van der Waals surface area contributed by atoms with E-state index in [1.165, 1.54) is 24.3 Å². The molecule has 0 unspecified atom stereocenters. The third-order valence-corrected chi connectivity index (χ3v) is 2.91. The molecule has 1 aromatic heterocycles. The predicted octanol–water partition coefficient (Wildman–Crippen LogP) is 4.17. The molecular formula is C14H9F2N. The maximum absolute atomic E-state index is 13.2. The van der Waals surface area contributed by atoms with Crippen LogP contribution in [0.15, 0.2) is 43.0 Å². The van der Waals surface area contributed by atoms with E-state index in [-0.39, 0.29) is 11.6 Å². The zero-order chi connectivity index (χ0) is 12.0. The third kappa shape index (κ3) is 1.35. The van der Waals surface area contributed by atoms with Crippen LogP contribution in [-0.2, 0) is 0 Å². The molecule has 0 saturated heterocycles. The van der Waals surface area contributed by atoms with E-state index in [4.69, 9.17) is 0 Å². The van der Waals surface area contributed by atoms with Crippen LogP contribution >= 0.6 is 0 Å². The molecule has 3 rings (SSSR count). The summed E-state index contributed by atoms with van der Waals surface area (Å²) in [5.41, 5.74) is 1.39. The first kappa shape index (κ1) is 10.0. The highest BCUT2D eigenvalue weighted by Crippen LogP contribution is 2.30. The number of hydrogen-bond donors (Lipinski definition) is 0. The number of benzene rings is 2. The van der Waals surface area contributed by atoms with E-state index in [1.54, 1.807) is 22.9 Å². The third-order valence-electron chi connectivity index (χ3n) is 2.91. The first-order valence-electron chi connectivity index (χ1n) is 5.22. The van der Waals surface area contributed by atoms with E-state index < -0.39 is 0 Å². The molecule has 0 radical (unpaired) electrons. The Hall–Kier alpha value is -2.16. The Kier molecular flexibility index (Phi) is 2.01. The molecule has 84 valence electrons. The molecule has 0 atom stereocenters. The van der Waals surface area contributed by atoms with Gasteiger partial charge in [0.25, 0.3) is 0 Å². The summed E-state index contributed by atoms with van der Waals surface area (Å²) in [6.07, 6.45) is 1.56. The minimum Gasteiger partial charge on any atom is -0.316 e. The fraction of sp³-hybridized carbons (Fsp3) is 0. The van der Waals surface area contributed by atoms with Crippen LogP contribution < -0.4 is 0 Å². The first-order valence-corrected chi connectivity index (χ1v) is 5.22. The van der Waals surface area contributed by atoms with Crippen LogP contribution in [-0.4, -0.2) is 4.57 Å². The summed E-state index contributed by atoms with van der Waals surface area (Å²) in [6, 6.07) is 9.05. The van der Waals surface area contributed by atoms with Gasteiger partial charge < -0.3 is 4.57 Å². The molecule has 0 aliphatic carbocycles. The Morgan fingerprint density at radius 3 is 1.76 bits per heavy atom. The van der Waals surface area contributed by atoms with Gasteiger partial charge in [-0.25, -0.2) is 8.78 Å². The van der Waals surface area contributed by atoms with E-state index in [9.17, 15) is 8.78 Å². The van der Waals surface area contributed by atoms with Crippen LogP contribution in [0, 0.1) is 11.6 Å². The van der Waals surface area contributed by atoms with Crippen LogP contribution in [0.4, 0.5) is 8.78 Å². The van der Waals surface area contributed by atoms with Crippen molar-refractivity contribution < 1.29 is 8.78 Å². The second-order valence-corrected chi connectivity index (χ2v) is 3.88. The molecule has 0 saturated carbocycles. The van der Waals surface area contributed by atoms with Gasteiger partial charge in [-0.1, -0.05) is 6.58 Å². The summed E-state index contributed by atoms with van der Waals surface area (Å²) in [5, 5.41) is 1.78. The highest BCUT2D eigenvalue weighted by Gasteiger charge is 2.10. The Morgan fingerprint density at radius 1 is 0.882 bits per heavy atom. The lowest BCUT2D eigenvalue weighted by Gasteiger charge is -1.98. The van der Waals surface area contributed by atoms with Gasteiger partial charge in [0.1, 0.15) is 11.6 Å². The minimum atomic E-state index is -0.316. The second kappa shape index (κ2) is 3.42. The van der Waals surface area contributed by atoms with Crippen LogP contribution in [0.25, 0.3) is 28.0 Å². The normalized spacial score (nSPS) is 11.2. The molecule has 3 aromatic rings. The summed E-state index contributed by atoms with van der Waals surface area (Å²) in [7, 11) is 0.